The minimum absolute atomic E-state index is 0.111. The fraction of sp³-hybridized carbons (Fsp3) is 0.385. The van der Waals surface area contributed by atoms with Crippen molar-refractivity contribution in [3.05, 3.63) is 68.8 Å². The number of benzene rings is 1. The zero-order valence-electron chi connectivity index (χ0n) is 20.2. The van der Waals surface area contributed by atoms with Crippen LogP contribution in [0.5, 0.6) is 5.75 Å². The summed E-state index contributed by atoms with van der Waals surface area (Å²) in [7, 11) is 0. The molecule has 5 rings (SSSR count). The number of carbonyl (C=O) groups is 2. The van der Waals surface area contributed by atoms with Crippen molar-refractivity contribution in [3.8, 4) is 16.3 Å². The molecule has 2 aromatic heterocycles. The Labute approximate surface area is 211 Å². The van der Waals surface area contributed by atoms with E-state index in [0.717, 1.165) is 23.3 Å². The first-order valence-electron chi connectivity index (χ1n) is 12.0. The summed E-state index contributed by atoms with van der Waals surface area (Å²) < 4.78 is 14.7. The van der Waals surface area contributed by atoms with E-state index in [4.69, 9.17) is 0 Å². The van der Waals surface area contributed by atoms with E-state index in [1.807, 2.05) is 0 Å². The molecule has 1 atom stereocenters. The molecule has 0 aliphatic carbocycles. The Hall–Kier alpha value is -3.53. The third kappa shape index (κ3) is 3.99. The highest BCUT2D eigenvalue weighted by Crippen LogP contribution is 2.34. The molecule has 0 saturated carbocycles. The predicted molar refractivity (Wildman–Crippen MR) is 134 cm³/mol. The molecule has 1 fully saturated rings. The van der Waals surface area contributed by atoms with Gasteiger partial charge < -0.3 is 19.5 Å². The van der Waals surface area contributed by atoms with Gasteiger partial charge in [-0.3, -0.25) is 14.4 Å². The molecular weight excluding hydrogens is 483 g/mol. The number of amides is 2. The first-order chi connectivity index (χ1) is 17.2. The van der Waals surface area contributed by atoms with Gasteiger partial charge in [0.1, 0.15) is 16.4 Å². The number of nitrogens with zero attached hydrogens (tertiary/aromatic N) is 4. The number of likely N-dealkylation sites (tertiary alicyclic amines) is 1. The molecule has 4 heterocycles. The minimum Gasteiger partial charge on any atom is -0.503 e. The maximum atomic E-state index is 13.5. The van der Waals surface area contributed by atoms with Gasteiger partial charge in [-0.15, -0.1) is 11.3 Å². The molecule has 8 nitrogen and oxygen atoms in total. The van der Waals surface area contributed by atoms with Crippen molar-refractivity contribution in [2.75, 3.05) is 19.6 Å². The molecule has 1 N–H and O–H groups in total. The van der Waals surface area contributed by atoms with Crippen molar-refractivity contribution in [2.45, 2.75) is 45.2 Å². The Morgan fingerprint density at radius 3 is 2.56 bits per heavy atom. The molecule has 10 heteroatoms. The molecule has 2 amide bonds. The molecule has 0 spiro atoms. The number of rotatable bonds is 5. The summed E-state index contributed by atoms with van der Waals surface area (Å²) in [5.74, 6) is -1.62. The number of aromatic nitrogens is 2. The lowest BCUT2D eigenvalue weighted by atomic mass is 9.93. The lowest BCUT2D eigenvalue weighted by Gasteiger charge is -2.45. The SMILES string of the molecule is CCN1C(=O)c2c(O)c(=O)c(-c3ncc(Cc4ccc(F)cc4)s3)cn2C[C@]1(C)C(=O)N1CCCC1. The molecule has 1 saturated heterocycles. The number of hydrogen-bond donors (Lipinski definition) is 1. The summed E-state index contributed by atoms with van der Waals surface area (Å²) in [6, 6.07) is 6.17. The third-order valence-electron chi connectivity index (χ3n) is 7.02. The van der Waals surface area contributed by atoms with Crippen molar-refractivity contribution < 1.29 is 19.1 Å². The maximum absolute atomic E-state index is 13.5. The van der Waals surface area contributed by atoms with E-state index in [-0.39, 0.29) is 36.1 Å². The fourth-order valence-corrected chi connectivity index (χ4v) is 6.13. The summed E-state index contributed by atoms with van der Waals surface area (Å²) in [6.45, 7) is 5.23. The quantitative estimate of drug-likeness (QED) is 0.569. The molecule has 2 aliphatic heterocycles. The Bertz CT molecular complexity index is 1390. The topological polar surface area (TPSA) is 95.7 Å². The summed E-state index contributed by atoms with van der Waals surface area (Å²) in [5, 5.41) is 11.2. The highest BCUT2D eigenvalue weighted by atomic mass is 32.1. The Kier molecular flexibility index (Phi) is 6.15. The van der Waals surface area contributed by atoms with Gasteiger partial charge in [0.25, 0.3) is 5.91 Å². The van der Waals surface area contributed by atoms with Gasteiger partial charge in [0, 0.05) is 43.3 Å². The second kappa shape index (κ2) is 9.16. The lowest BCUT2D eigenvalue weighted by molar-refractivity contribution is -0.142. The normalized spacial score (nSPS) is 19.6. The Morgan fingerprint density at radius 1 is 1.19 bits per heavy atom. The van der Waals surface area contributed by atoms with Crippen LogP contribution in [0.4, 0.5) is 4.39 Å². The number of aromatic hydroxyl groups is 1. The molecule has 36 heavy (non-hydrogen) atoms. The monoisotopic (exact) mass is 510 g/mol. The van der Waals surface area contributed by atoms with Crippen LogP contribution in [0.15, 0.2) is 41.5 Å². The second-order valence-corrected chi connectivity index (χ2v) is 10.6. The third-order valence-corrected chi connectivity index (χ3v) is 8.05. The molecule has 1 aromatic carbocycles. The standard InChI is InChI=1S/C26H27FN4O4S/c1-3-31-24(34)20-22(33)21(32)19(14-30(20)15-26(31,2)25(35)29-10-4-5-11-29)23-28-13-18(36-23)12-16-6-8-17(27)9-7-16/h6-9,13-14,33H,3-5,10-12,15H2,1-2H3/t26-/m1/s1. The van der Waals surface area contributed by atoms with Crippen LogP contribution < -0.4 is 5.43 Å². The molecule has 3 aromatic rings. The summed E-state index contributed by atoms with van der Waals surface area (Å²) >= 11 is 1.29. The molecule has 0 radical (unpaired) electrons. The van der Waals surface area contributed by atoms with Crippen molar-refractivity contribution in [1.29, 1.82) is 0 Å². The zero-order chi connectivity index (χ0) is 25.6. The molecule has 0 unspecified atom stereocenters. The number of likely N-dealkylation sites (N-methyl/N-ethyl adjacent to an activating group) is 1. The van der Waals surface area contributed by atoms with Gasteiger partial charge >= 0.3 is 0 Å². The Morgan fingerprint density at radius 2 is 1.89 bits per heavy atom. The van der Waals surface area contributed by atoms with E-state index < -0.39 is 22.6 Å². The van der Waals surface area contributed by atoms with Crippen molar-refractivity contribution in [3.63, 3.8) is 0 Å². The highest BCUT2D eigenvalue weighted by Gasteiger charge is 2.49. The van der Waals surface area contributed by atoms with Gasteiger partial charge in [-0.25, -0.2) is 9.37 Å². The van der Waals surface area contributed by atoms with Gasteiger partial charge in [0.2, 0.25) is 11.3 Å². The smallest absolute Gasteiger partial charge is 0.275 e. The minimum atomic E-state index is -1.14. The number of halogens is 1. The van der Waals surface area contributed by atoms with E-state index in [1.165, 1.54) is 39.1 Å². The summed E-state index contributed by atoms with van der Waals surface area (Å²) in [5.41, 5.74) is -0.861. The molecule has 0 bridgehead atoms. The first-order valence-corrected chi connectivity index (χ1v) is 12.8. The fourth-order valence-electron chi connectivity index (χ4n) is 5.17. The summed E-state index contributed by atoms with van der Waals surface area (Å²) in [4.78, 5) is 48.5. The van der Waals surface area contributed by atoms with Crippen LogP contribution >= 0.6 is 11.3 Å². The van der Waals surface area contributed by atoms with Crippen molar-refractivity contribution in [1.82, 2.24) is 19.4 Å². The van der Waals surface area contributed by atoms with E-state index >= 15 is 0 Å². The maximum Gasteiger partial charge on any atom is 0.275 e. The number of carbonyl (C=O) groups excluding carboxylic acids is 2. The van der Waals surface area contributed by atoms with Gasteiger partial charge in [-0.1, -0.05) is 12.1 Å². The van der Waals surface area contributed by atoms with Crippen LogP contribution in [0, 0.1) is 5.82 Å². The van der Waals surface area contributed by atoms with Gasteiger partial charge in [0.05, 0.1) is 12.1 Å². The number of fused-ring (bicyclic) bond motifs is 1. The average molecular weight is 511 g/mol. The van der Waals surface area contributed by atoms with Crippen LogP contribution in [0.2, 0.25) is 0 Å². The van der Waals surface area contributed by atoms with E-state index in [2.05, 4.69) is 4.98 Å². The van der Waals surface area contributed by atoms with Crippen LogP contribution in [0.3, 0.4) is 0 Å². The molecule has 188 valence electrons. The lowest BCUT2D eigenvalue weighted by Crippen LogP contribution is -2.64. The van der Waals surface area contributed by atoms with Crippen LogP contribution in [-0.2, 0) is 17.8 Å². The van der Waals surface area contributed by atoms with E-state index in [9.17, 15) is 23.9 Å². The van der Waals surface area contributed by atoms with Crippen LogP contribution in [-0.4, -0.2) is 61.4 Å². The second-order valence-electron chi connectivity index (χ2n) is 9.45. The molecular formula is C26H27FN4O4S. The van der Waals surface area contributed by atoms with Crippen LogP contribution in [0.25, 0.3) is 10.6 Å². The summed E-state index contributed by atoms with van der Waals surface area (Å²) in [6.07, 6.45) is 5.55. The number of hydrogen-bond acceptors (Lipinski definition) is 6. The zero-order valence-corrected chi connectivity index (χ0v) is 21.0. The van der Waals surface area contributed by atoms with Crippen molar-refractivity contribution >= 4 is 23.2 Å². The number of thiazole rings is 1. The average Bonchev–Trinajstić information content (AvgIpc) is 3.55. The predicted octanol–water partition coefficient (Wildman–Crippen LogP) is 3.26. The van der Waals surface area contributed by atoms with Crippen molar-refractivity contribution in [2.24, 2.45) is 0 Å². The first kappa shape index (κ1) is 24.2. The highest BCUT2D eigenvalue weighted by molar-refractivity contribution is 7.15. The molecule has 2 aliphatic rings. The van der Waals surface area contributed by atoms with Crippen LogP contribution in [0.1, 0.15) is 47.6 Å². The number of pyridine rings is 1. The van der Waals surface area contributed by atoms with Gasteiger partial charge in [-0.05, 0) is 44.4 Å². The van der Waals surface area contributed by atoms with E-state index in [1.54, 1.807) is 37.1 Å². The van der Waals surface area contributed by atoms with E-state index in [0.29, 0.717) is 24.5 Å². The van der Waals surface area contributed by atoms with Gasteiger partial charge in [-0.2, -0.15) is 0 Å². The largest absolute Gasteiger partial charge is 0.503 e. The van der Waals surface area contributed by atoms with Gasteiger partial charge in [0.15, 0.2) is 11.4 Å². The Balaban J connectivity index is 1.52.